The Morgan fingerprint density at radius 3 is 2.28 bits per heavy atom. The van der Waals surface area contributed by atoms with E-state index in [2.05, 4.69) is 5.32 Å². The smallest absolute Gasteiger partial charge is 0.317 e. The number of benzene rings is 1. The highest BCUT2D eigenvalue weighted by molar-refractivity contribution is 6.30. The molecule has 0 radical (unpaired) electrons. The van der Waals surface area contributed by atoms with Crippen molar-refractivity contribution in [2.75, 3.05) is 37.6 Å². The molecule has 2 fully saturated rings. The summed E-state index contributed by atoms with van der Waals surface area (Å²) in [7, 11) is 0. The third-order valence-electron chi connectivity index (χ3n) is 4.60. The molecular formula is C17H21ClN4O3. The average Bonchev–Trinajstić information content (AvgIpc) is 2.96. The van der Waals surface area contributed by atoms with Crippen molar-refractivity contribution in [3.05, 3.63) is 29.3 Å². The van der Waals surface area contributed by atoms with E-state index in [0.29, 0.717) is 37.7 Å². The molecule has 7 nitrogen and oxygen atoms in total. The molecule has 2 heterocycles. The van der Waals surface area contributed by atoms with Crippen LogP contribution in [-0.2, 0) is 9.59 Å². The Hall–Kier alpha value is -2.28. The van der Waals surface area contributed by atoms with Crippen LogP contribution in [0, 0.1) is 0 Å². The molecule has 0 spiro atoms. The number of anilines is 1. The van der Waals surface area contributed by atoms with Crippen LogP contribution in [0.3, 0.4) is 0 Å². The standard InChI is InChI=1S/C17H21ClN4O3/c1-12(23)20-6-8-21(9-7-20)17(25)19-14-10-16(24)22(11-14)15-4-2-13(18)3-5-15/h2-5,14H,6-11H2,1H3,(H,19,25)/t14-/m0/s1. The van der Waals surface area contributed by atoms with Gasteiger partial charge in [-0.2, -0.15) is 0 Å². The zero-order chi connectivity index (χ0) is 18.0. The first kappa shape index (κ1) is 17.5. The summed E-state index contributed by atoms with van der Waals surface area (Å²) in [4.78, 5) is 41.0. The van der Waals surface area contributed by atoms with Gasteiger partial charge in [0, 0.05) is 56.8 Å². The number of amides is 4. The first-order chi connectivity index (χ1) is 11.9. The average molecular weight is 365 g/mol. The monoisotopic (exact) mass is 364 g/mol. The second kappa shape index (κ2) is 7.31. The molecule has 2 aliphatic heterocycles. The second-order valence-corrected chi connectivity index (χ2v) is 6.76. The molecule has 25 heavy (non-hydrogen) atoms. The summed E-state index contributed by atoms with van der Waals surface area (Å²) >= 11 is 5.88. The fraction of sp³-hybridized carbons (Fsp3) is 0.471. The van der Waals surface area contributed by atoms with E-state index < -0.39 is 0 Å². The van der Waals surface area contributed by atoms with Gasteiger partial charge in [0.25, 0.3) is 0 Å². The summed E-state index contributed by atoms with van der Waals surface area (Å²) in [6.45, 7) is 4.08. The number of nitrogens with zero attached hydrogens (tertiary/aromatic N) is 3. The molecule has 0 aliphatic carbocycles. The van der Waals surface area contributed by atoms with Gasteiger partial charge in [0.05, 0.1) is 6.04 Å². The number of rotatable bonds is 2. The van der Waals surface area contributed by atoms with E-state index in [1.807, 2.05) is 0 Å². The zero-order valence-corrected chi connectivity index (χ0v) is 14.8. The Labute approximate surface area is 151 Å². The molecule has 2 aliphatic rings. The highest BCUT2D eigenvalue weighted by Crippen LogP contribution is 2.23. The third kappa shape index (κ3) is 4.04. The van der Waals surface area contributed by atoms with E-state index in [0.717, 1.165) is 5.69 Å². The molecule has 1 N–H and O–H groups in total. The predicted molar refractivity (Wildman–Crippen MR) is 94.6 cm³/mol. The van der Waals surface area contributed by atoms with Crippen LogP contribution in [0.15, 0.2) is 24.3 Å². The minimum absolute atomic E-state index is 0.0194. The number of halogens is 1. The summed E-state index contributed by atoms with van der Waals surface area (Å²) < 4.78 is 0. The molecule has 2 saturated heterocycles. The van der Waals surface area contributed by atoms with Crippen LogP contribution in [0.5, 0.6) is 0 Å². The molecule has 0 unspecified atom stereocenters. The topological polar surface area (TPSA) is 73.0 Å². The van der Waals surface area contributed by atoms with E-state index in [9.17, 15) is 14.4 Å². The molecule has 0 saturated carbocycles. The minimum atomic E-state index is -0.221. The minimum Gasteiger partial charge on any atom is -0.339 e. The van der Waals surface area contributed by atoms with Gasteiger partial charge in [-0.3, -0.25) is 9.59 Å². The van der Waals surface area contributed by atoms with Crippen LogP contribution in [0.2, 0.25) is 5.02 Å². The first-order valence-electron chi connectivity index (χ1n) is 8.31. The van der Waals surface area contributed by atoms with Crippen LogP contribution >= 0.6 is 11.6 Å². The summed E-state index contributed by atoms with van der Waals surface area (Å²) in [6.07, 6.45) is 0.280. The molecule has 3 rings (SSSR count). The number of carbonyl (C=O) groups is 3. The maximum atomic E-state index is 12.4. The Bertz CT molecular complexity index is 671. The highest BCUT2D eigenvalue weighted by atomic mass is 35.5. The number of hydrogen-bond acceptors (Lipinski definition) is 3. The molecule has 4 amide bonds. The van der Waals surface area contributed by atoms with E-state index in [4.69, 9.17) is 11.6 Å². The largest absolute Gasteiger partial charge is 0.339 e. The molecular weight excluding hydrogens is 344 g/mol. The van der Waals surface area contributed by atoms with Gasteiger partial charge < -0.3 is 20.0 Å². The Kier molecular flexibility index (Phi) is 5.13. The first-order valence-corrected chi connectivity index (χ1v) is 8.68. The maximum absolute atomic E-state index is 12.4. The van der Waals surface area contributed by atoms with Crippen molar-refractivity contribution in [2.45, 2.75) is 19.4 Å². The van der Waals surface area contributed by atoms with Crippen molar-refractivity contribution >= 4 is 35.1 Å². The van der Waals surface area contributed by atoms with Gasteiger partial charge in [0.15, 0.2) is 0 Å². The van der Waals surface area contributed by atoms with E-state index >= 15 is 0 Å². The van der Waals surface area contributed by atoms with Crippen LogP contribution < -0.4 is 10.2 Å². The van der Waals surface area contributed by atoms with E-state index in [-0.39, 0.29) is 30.3 Å². The number of carbonyl (C=O) groups excluding carboxylic acids is 3. The summed E-state index contributed by atoms with van der Waals surface area (Å²) in [5, 5.41) is 3.54. The van der Waals surface area contributed by atoms with Crippen LogP contribution in [0.4, 0.5) is 10.5 Å². The molecule has 1 atom stereocenters. The molecule has 1 aromatic rings. The highest BCUT2D eigenvalue weighted by Gasteiger charge is 2.33. The zero-order valence-electron chi connectivity index (χ0n) is 14.1. The number of hydrogen-bond donors (Lipinski definition) is 1. The quantitative estimate of drug-likeness (QED) is 0.860. The van der Waals surface area contributed by atoms with Crippen molar-refractivity contribution in [3.8, 4) is 0 Å². The Morgan fingerprint density at radius 1 is 1.08 bits per heavy atom. The van der Waals surface area contributed by atoms with Crippen LogP contribution in [0.25, 0.3) is 0 Å². The summed E-state index contributed by atoms with van der Waals surface area (Å²) in [6, 6.07) is 6.67. The molecule has 1 aromatic carbocycles. The maximum Gasteiger partial charge on any atom is 0.317 e. The van der Waals surface area contributed by atoms with Crippen LogP contribution in [-0.4, -0.2) is 66.4 Å². The van der Waals surface area contributed by atoms with Gasteiger partial charge in [0.2, 0.25) is 11.8 Å². The van der Waals surface area contributed by atoms with Crippen molar-refractivity contribution in [3.63, 3.8) is 0 Å². The predicted octanol–water partition coefficient (Wildman–Crippen LogP) is 1.32. The molecule has 0 bridgehead atoms. The van der Waals surface area contributed by atoms with Crippen LogP contribution in [0.1, 0.15) is 13.3 Å². The van der Waals surface area contributed by atoms with Crippen molar-refractivity contribution in [1.29, 1.82) is 0 Å². The molecule has 8 heteroatoms. The number of nitrogens with one attached hydrogen (secondary N) is 1. The van der Waals surface area contributed by atoms with E-state index in [1.165, 1.54) is 6.92 Å². The Balaban J connectivity index is 1.54. The lowest BCUT2D eigenvalue weighted by Gasteiger charge is -2.34. The molecule has 134 valence electrons. The second-order valence-electron chi connectivity index (χ2n) is 6.32. The van der Waals surface area contributed by atoms with Gasteiger partial charge in [-0.05, 0) is 24.3 Å². The number of piperazine rings is 1. The fourth-order valence-corrected chi connectivity index (χ4v) is 3.29. The SMILES string of the molecule is CC(=O)N1CCN(C(=O)N[C@H]2CC(=O)N(c3ccc(Cl)cc3)C2)CC1. The van der Waals surface area contributed by atoms with Gasteiger partial charge in [-0.25, -0.2) is 4.79 Å². The number of urea groups is 1. The normalized spacial score (nSPS) is 20.8. The van der Waals surface area contributed by atoms with Gasteiger partial charge in [0.1, 0.15) is 0 Å². The van der Waals surface area contributed by atoms with Crippen molar-refractivity contribution in [2.24, 2.45) is 0 Å². The van der Waals surface area contributed by atoms with Crippen molar-refractivity contribution < 1.29 is 14.4 Å². The van der Waals surface area contributed by atoms with E-state index in [1.54, 1.807) is 39.0 Å². The van der Waals surface area contributed by atoms with Gasteiger partial charge in [-0.15, -0.1) is 0 Å². The summed E-state index contributed by atoms with van der Waals surface area (Å²) in [5.41, 5.74) is 0.779. The Morgan fingerprint density at radius 2 is 1.68 bits per heavy atom. The lowest BCUT2D eigenvalue weighted by molar-refractivity contribution is -0.130. The van der Waals surface area contributed by atoms with Crippen molar-refractivity contribution in [1.82, 2.24) is 15.1 Å². The fourth-order valence-electron chi connectivity index (χ4n) is 3.17. The lowest BCUT2D eigenvalue weighted by Crippen LogP contribution is -2.54. The lowest BCUT2D eigenvalue weighted by atomic mass is 10.2. The molecule has 0 aromatic heterocycles. The third-order valence-corrected chi connectivity index (χ3v) is 4.86. The van der Waals surface area contributed by atoms with Gasteiger partial charge >= 0.3 is 6.03 Å². The van der Waals surface area contributed by atoms with Gasteiger partial charge in [-0.1, -0.05) is 11.6 Å². The summed E-state index contributed by atoms with van der Waals surface area (Å²) in [5.74, 6) is 0.00840.